The smallest absolute Gasteiger partial charge is 0.118 e. The van der Waals surface area contributed by atoms with Gasteiger partial charge in [0, 0.05) is 6.04 Å². The minimum Gasteiger partial charge on any atom is -0.497 e. The second-order valence-electron chi connectivity index (χ2n) is 5.12. The van der Waals surface area contributed by atoms with Gasteiger partial charge in [0.25, 0.3) is 0 Å². The van der Waals surface area contributed by atoms with Crippen molar-refractivity contribution in [2.45, 2.75) is 52.5 Å². The second kappa shape index (κ2) is 8.98. The van der Waals surface area contributed by atoms with E-state index in [1.54, 1.807) is 7.11 Å². The molecule has 0 aliphatic carbocycles. The van der Waals surface area contributed by atoms with Crippen LogP contribution in [0.25, 0.3) is 0 Å². The SMILES string of the molecule is CCCCC(CC)C(NCC)c1ccc(OC)cc1. The molecule has 0 aromatic heterocycles. The Bertz CT molecular complexity index is 334. The van der Waals surface area contributed by atoms with Crippen LogP contribution in [-0.2, 0) is 0 Å². The average molecular weight is 263 g/mol. The Kier molecular flexibility index (Phi) is 7.57. The summed E-state index contributed by atoms with van der Waals surface area (Å²) in [6, 6.07) is 8.98. The molecule has 0 spiro atoms. The normalized spacial score (nSPS) is 14.1. The van der Waals surface area contributed by atoms with Gasteiger partial charge in [0.1, 0.15) is 5.75 Å². The van der Waals surface area contributed by atoms with Crippen molar-refractivity contribution in [2.75, 3.05) is 13.7 Å². The Morgan fingerprint density at radius 1 is 1.11 bits per heavy atom. The molecule has 2 heteroatoms. The van der Waals surface area contributed by atoms with E-state index in [0.29, 0.717) is 12.0 Å². The quantitative estimate of drug-likeness (QED) is 0.705. The van der Waals surface area contributed by atoms with Gasteiger partial charge in [-0.2, -0.15) is 0 Å². The number of benzene rings is 1. The summed E-state index contributed by atoms with van der Waals surface area (Å²) in [5.74, 6) is 1.65. The zero-order chi connectivity index (χ0) is 14.1. The largest absolute Gasteiger partial charge is 0.497 e. The highest BCUT2D eigenvalue weighted by Gasteiger charge is 2.20. The molecular formula is C17H29NO. The lowest BCUT2D eigenvalue weighted by Crippen LogP contribution is -2.28. The maximum atomic E-state index is 5.24. The molecule has 0 bridgehead atoms. The molecular weight excluding hydrogens is 234 g/mol. The van der Waals surface area contributed by atoms with Crippen LogP contribution >= 0.6 is 0 Å². The predicted octanol–water partition coefficient (Wildman–Crippen LogP) is 4.56. The van der Waals surface area contributed by atoms with Crippen LogP contribution in [0.15, 0.2) is 24.3 Å². The van der Waals surface area contributed by atoms with Crippen LogP contribution in [0.1, 0.15) is 58.1 Å². The van der Waals surface area contributed by atoms with Gasteiger partial charge in [-0.1, -0.05) is 52.2 Å². The molecule has 0 radical (unpaired) electrons. The molecule has 0 amide bonds. The zero-order valence-corrected chi connectivity index (χ0v) is 12.9. The highest BCUT2D eigenvalue weighted by Crippen LogP contribution is 2.30. The Morgan fingerprint density at radius 2 is 1.79 bits per heavy atom. The zero-order valence-electron chi connectivity index (χ0n) is 12.9. The fourth-order valence-electron chi connectivity index (χ4n) is 2.66. The molecule has 1 rings (SSSR count). The molecule has 2 unspecified atom stereocenters. The molecule has 0 aliphatic heterocycles. The van der Waals surface area contributed by atoms with Crippen molar-refractivity contribution in [3.05, 3.63) is 29.8 Å². The van der Waals surface area contributed by atoms with Crippen LogP contribution in [0.2, 0.25) is 0 Å². The maximum absolute atomic E-state index is 5.24. The summed E-state index contributed by atoms with van der Waals surface area (Å²) in [6.07, 6.45) is 5.12. The summed E-state index contributed by atoms with van der Waals surface area (Å²) in [6.45, 7) is 7.76. The third-order valence-corrected chi connectivity index (χ3v) is 3.82. The van der Waals surface area contributed by atoms with Crippen LogP contribution in [0.3, 0.4) is 0 Å². The second-order valence-corrected chi connectivity index (χ2v) is 5.12. The highest BCUT2D eigenvalue weighted by atomic mass is 16.5. The topological polar surface area (TPSA) is 21.3 Å². The Morgan fingerprint density at radius 3 is 2.26 bits per heavy atom. The van der Waals surface area contributed by atoms with E-state index < -0.39 is 0 Å². The molecule has 1 aromatic carbocycles. The van der Waals surface area contributed by atoms with Crippen LogP contribution in [0.5, 0.6) is 5.75 Å². The molecule has 2 nitrogen and oxygen atoms in total. The molecule has 1 aromatic rings. The first-order valence-corrected chi connectivity index (χ1v) is 7.64. The number of hydrogen-bond donors (Lipinski definition) is 1. The number of unbranched alkanes of at least 4 members (excludes halogenated alkanes) is 1. The summed E-state index contributed by atoms with van der Waals surface area (Å²) in [5, 5.41) is 3.66. The Labute approximate surface area is 118 Å². The fraction of sp³-hybridized carbons (Fsp3) is 0.647. The summed E-state index contributed by atoms with van der Waals surface area (Å²) in [5.41, 5.74) is 1.38. The first kappa shape index (κ1) is 16.0. The van der Waals surface area contributed by atoms with E-state index >= 15 is 0 Å². The van der Waals surface area contributed by atoms with Gasteiger partial charge in [0.15, 0.2) is 0 Å². The van der Waals surface area contributed by atoms with Gasteiger partial charge in [-0.3, -0.25) is 0 Å². The first-order chi connectivity index (χ1) is 9.26. The number of hydrogen-bond acceptors (Lipinski definition) is 2. The van der Waals surface area contributed by atoms with E-state index in [-0.39, 0.29) is 0 Å². The number of methoxy groups -OCH3 is 1. The van der Waals surface area contributed by atoms with E-state index in [9.17, 15) is 0 Å². The van der Waals surface area contributed by atoms with Crippen LogP contribution in [0.4, 0.5) is 0 Å². The van der Waals surface area contributed by atoms with E-state index in [4.69, 9.17) is 4.74 Å². The van der Waals surface area contributed by atoms with E-state index in [1.807, 2.05) is 0 Å². The van der Waals surface area contributed by atoms with Crippen molar-refractivity contribution < 1.29 is 4.74 Å². The van der Waals surface area contributed by atoms with Gasteiger partial charge >= 0.3 is 0 Å². The lowest BCUT2D eigenvalue weighted by atomic mass is 9.87. The molecule has 0 saturated carbocycles. The van der Waals surface area contributed by atoms with Crippen molar-refractivity contribution in [1.29, 1.82) is 0 Å². The average Bonchev–Trinajstić information content (AvgIpc) is 2.47. The summed E-state index contributed by atoms with van der Waals surface area (Å²) in [4.78, 5) is 0. The first-order valence-electron chi connectivity index (χ1n) is 7.64. The van der Waals surface area contributed by atoms with Gasteiger partial charge in [0.05, 0.1) is 7.11 Å². The van der Waals surface area contributed by atoms with Crippen molar-refractivity contribution >= 4 is 0 Å². The van der Waals surface area contributed by atoms with Crippen molar-refractivity contribution in [2.24, 2.45) is 5.92 Å². The summed E-state index contributed by atoms with van der Waals surface area (Å²) in [7, 11) is 1.72. The summed E-state index contributed by atoms with van der Waals surface area (Å²) < 4.78 is 5.24. The molecule has 0 saturated heterocycles. The molecule has 0 aliphatic rings. The molecule has 19 heavy (non-hydrogen) atoms. The highest BCUT2D eigenvalue weighted by molar-refractivity contribution is 5.29. The van der Waals surface area contributed by atoms with E-state index in [2.05, 4.69) is 50.4 Å². The minimum absolute atomic E-state index is 0.465. The lowest BCUT2D eigenvalue weighted by molar-refractivity contribution is 0.327. The van der Waals surface area contributed by atoms with Crippen LogP contribution < -0.4 is 10.1 Å². The third kappa shape index (κ3) is 4.87. The predicted molar refractivity (Wildman–Crippen MR) is 82.7 cm³/mol. The van der Waals surface area contributed by atoms with Crippen LogP contribution in [0, 0.1) is 5.92 Å². The molecule has 0 heterocycles. The standard InChI is InChI=1S/C17H29NO/c1-5-8-9-14(6-2)17(18-7-3)15-10-12-16(19-4)13-11-15/h10-14,17-18H,5-9H2,1-4H3. The molecule has 0 fully saturated rings. The third-order valence-electron chi connectivity index (χ3n) is 3.82. The van der Waals surface area contributed by atoms with Gasteiger partial charge < -0.3 is 10.1 Å². The molecule has 1 N–H and O–H groups in total. The van der Waals surface area contributed by atoms with Crippen molar-refractivity contribution in [3.63, 3.8) is 0 Å². The Hall–Kier alpha value is -1.02. The van der Waals surface area contributed by atoms with Gasteiger partial charge in [-0.25, -0.2) is 0 Å². The Balaban J connectivity index is 2.83. The molecule has 2 atom stereocenters. The van der Waals surface area contributed by atoms with Crippen molar-refractivity contribution in [3.8, 4) is 5.75 Å². The number of nitrogens with one attached hydrogen (secondary N) is 1. The summed E-state index contributed by atoms with van der Waals surface area (Å²) >= 11 is 0. The van der Waals surface area contributed by atoms with Crippen LogP contribution in [-0.4, -0.2) is 13.7 Å². The fourth-order valence-corrected chi connectivity index (χ4v) is 2.66. The van der Waals surface area contributed by atoms with Gasteiger partial charge in [0.2, 0.25) is 0 Å². The van der Waals surface area contributed by atoms with Crippen molar-refractivity contribution in [1.82, 2.24) is 5.32 Å². The maximum Gasteiger partial charge on any atom is 0.118 e. The van der Waals surface area contributed by atoms with Gasteiger partial charge in [-0.05, 0) is 36.6 Å². The number of rotatable bonds is 9. The number of ether oxygens (including phenoxy) is 1. The van der Waals surface area contributed by atoms with E-state index in [1.165, 1.54) is 31.2 Å². The van der Waals surface area contributed by atoms with E-state index in [0.717, 1.165) is 12.3 Å². The minimum atomic E-state index is 0.465. The molecule has 108 valence electrons. The van der Waals surface area contributed by atoms with Gasteiger partial charge in [-0.15, -0.1) is 0 Å². The lowest BCUT2D eigenvalue weighted by Gasteiger charge is -2.27. The monoisotopic (exact) mass is 263 g/mol.